The van der Waals surface area contributed by atoms with E-state index in [4.69, 9.17) is 14.7 Å². The number of para-hydroxylation sites is 1. The third kappa shape index (κ3) is 4.31. The first-order valence-electron chi connectivity index (χ1n) is 11.7. The van der Waals surface area contributed by atoms with E-state index in [9.17, 15) is 0 Å². The quantitative estimate of drug-likeness (QED) is 0.355. The number of likely N-dealkylation sites (N-methyl/N-ethyl adjacent to an activating group) is 1. The zero-order chi connectivity index (χ0) is 23.9. The summed E-state index contributed by atoms with van der Waals surface area (Å²) in [5.41, 5.74) is 6.54. The number of rotatable bonds is 5. The molecule has 3 heterocycles. The van der Waals surface area contributed by atoms with E-state index in [1.807, 2.05) is 18.3 Å². The van der Waals surface area contributed by atoms with Crippen LogP contribution in [0.5, 0.6) is 5.75 Å². The van der Waals surface area contributed by atoms with Gasteiger partial charge in [-0.15, -0.1) is 0 Å². The van der Waals surface area contributed by atoms with Gasteiger partial charge in [-0.25, -0.2) is 0 Å². The van der Waals surface area contributed by atoms with Crippen molar-refractivity contribution in [3.05, 3.63) is 65.4 Å². The number of hydrogen-bond donors (Lipinski definition) is 3. The fourth-order valence-electron chi connectivity index (χ4n) is 4.58. The first-order valence-corrected chi connectivity index (χ1v) is 11.7. The molecule has 2 aromatic heterocycles. The number of aromatic amines is 1. The smallest absolute Gasteiger partial charge is 0.231 e. The summed E-state index contributed by atoms with van der Waals surface area (Å²) in [6.45, 7) is 8.62. The van der Waals surface area contributed by atoms with Crippen molar-refractivity contribution in [2.75, 3.05) is 31.3 Å². The number of methoxy groups -OCH3 is 1. The third-order valence-electron chi connectivity index (χ3n) is 6.38. The summed E-state index contributed by atoms with van der Waals surface area (Å²) in [5, 5.41) is 7.92. The van der Waals surface area contributed by atoms with Crippen LogP contribution in [0.2, 0.25) is 0 Å². The van der Waals surface area contributed by atoms with E-state index < -0.39 is 0 Å². The Bertz CT molecular complexity index is 1340. The van der Waals surface area contributed by atoms with Crippen LogP contribution < -0.4 is 15.4 Å². The second kappa shape index (κ2) is 8.65. The SMILES string of the molecule is COc1cc2c(cc1Nc1nc(Nc3ccccc3C(C)(C)C)c3cc[nH]c3n1)CN(C)CC2. The van der Waals surface area contributed by atoms with Crippen molar-refractivity contribution in [3.63, 3.8) is 0 Å². The molecule has 7 nitrogen and oxygen atoms in total. The number of nitrogens with one attached hydrogen (secondary N) is 3. The van der Waals surface area contributed by atoms with E-state index in [1.54, 1.807) is 7.11 Å². The molecule has 0 spiro atoms. The van der Waals surface area contributed by atoms with Crippen molar-refractivity contribution in [3.8, 4) is 5.75 Å². The van der Waals surface area contributed by atoms with E-state index in [2.05, 4.69) is 78.7 Å². The van der Waals surface area contributed by atoms with Gasteiger partial charge in [-0.1, -0.05) is 39.0 Å². The van der Waals surface area contributed by atoms with Crippen LogP contribution >= 0.6 is 0 Å². The van der Waals surface area contributed by atoms with Crippen molar-refractivity contribution in [1.82, 2.24) is 19.9 Å². The van der Waals surface area contributed by atoms with Gasteiger partial charge in [-0.3, -0.25) is 0 Å². The second-order valence-electron chi connectivity index (χ2n) is 9.99. The predicted molar refractivity (Wildman–Crippen MR) is 139 cm³/mol. The van der Waals surface area contributed by atoms with Gasteiger partial charge in [0.25, 0.3) is 0 Å². The standard InChI is InChI=1S/C27H32N6O/c1-27(2,3)20-8-6-7-9-21(20)29-25-19-10-12-28-24(19)31-26(32-25)30-22-14-18-16-33(4)13-11-17(18)15-23(22)34-5/h6-10,12,14-15H,11,13,16H2,1-5H3,(H3,28,29,30,31,32). The lowest BCUT2D eigenvalue weighted by molar-refractivity contribution is 0.312. The zero-order valence-electron chi connectivity index (χ0n) is 20.5. The molecule has 176 valence electrons. The monoisotopic (exact) mass is 456 g/mol. The minimum Gasteiger partial charge on any atom is -0.495 e. The van der Waals surface area contributed by atoms with Crippen LogP contribution in [0, 0.1) is 0 Å². The second-order valence-corrected chi connectivity index (χ2v) is 9.99. The molecule has 0 amide bonds. The van der Waals surface area contributed by atoms with Gasteiger partial charge < -0.3 is 25.3 Å². The summed E-state index contributed by atoms with van der Waals surface area (Å²) in [5.74, 6) is 2.06. The van der Waals surface area contributed by atoms with E-state index in [1.165, 1.54) is 16.7 Å². The molecule has 0 fully saturated rings. The van der Waals surface area contributed by atoms with Gasteiger partial charge in [-0.05, 0) is 59.8 Å². The first kappa shape index (κ1) is 22.2. The highest BCUT2D eigenvalue weighted by Gasteiger charge is 2.20. The molecule has 34 heavy (non-hydrogen) atoms. The summed E-state index contributed by atoms with van der Waals surface area (Å²) in [7, 11) is 3.85. The lowest BCUT2D eigenvalue weighted by atomic mass is 9.86. The molecule has 0 atom stereocenters. The molecule has 7 heteroatoms. The molecule has 1 aliphatic heterocycles. The molecule has 2 aromatic carbocycles. The van der Waals surface area contributed by atoms with Gasteiger partial charge in [0.2, 0.25) is 5.95 Å². The fourth-order valence-corrected chi connectivity index (χ4v) is 4.58. The molecule has 0 saturated heterocycles. The fraction of sp³-hybridized carbons (Fsp3) is 0.333. The van der Waals surface area contributed by atoms with E-state index in [0.29, 0.717) is 5.95 Å². The maximum absolute atomic E-state index is 5.71. The number of nitrogens with zero attached hydrogens (tertiary/aromatic N) is 3. The largest absolute Gasteiger partial charge is 0.495 e. The van der Waals surface area contributed by atoms with Gasteiger partial charge in [0.05, 0.1) is 18.2 Å². The number of anilines is 4. The van der Waals surface area contributed by atoms with Crippen LogP contribution in [0.15, 0.2) is 48.7 Å². The van der Waals surface area contributed by atoms with E-state index >= 15 is 0 Å². The highest BCUT2D eigenvalue weighted by molar-refractivity contribution is 5.90. The van der Waals surface area contributed by atoms with Crippen LogP contribution in [0.4, 0.5) is 23.1 Å². The number of fused-ring (bicyclic) bond motifs is 2. The molecule has 5 rings (SSSR count). The average Bonchev–Trinajstić information content (AvgIpc) is 3.27. The Morgan fingerprint density at radius 3 is 2.62 bits per heavy atom. The van der Waals surface area contributed by atoms with Crippen molar-refractivity contribution in [2.45, 2.75) is 39.2 Å². The molecule has 0 saturated carbocycles. The van der Waals surface area contributed by atoms with Crippen molar-refractivity contribution < 1.29 is 4.74 Å². The maximum Gasteiger partial charge on any atom is 0.231 e. The zero-order valence-corrected chi connectivity index (χ0v) is 20.5. The lowest BCUT2D eigenvalue weighted by Gasteiger charge is -2.26. The molecule has 4 aromatic rings. The molecule has 3 N–H and O–H groups in total. The highest BCUT2D eigenvalue weighted by atomic mass is 16.5. The molecule has 0 aliphatic carbocycles. The molecular formula is C27H32N6O. The predicted octanol–water partition coefficient (Wildman–Crippen LogP) is 5.74. The van der Waals surface area contributed by atoms with Gasteiger partial charge in [0, 0.05) is 25.0 Å². The number of ether oxygens (including phenoxy) is 1. The van der Waals surface area contributed by atoms with Crippen LogP contribution in [0.25, 0.3) is 11.0 Å². The van der Waals surface area contributed by atoms with Crippen molar-refractivity contribution >= 4 is 34.2 Å². The Hall–Kier alpha value is -3.58. The minimum atomic E-state index is -0.00137. The highest BCUT2D eigenvalue weighted by Crippen LogP contribution is 2.35. The Balaban J connectivity index is 1.53. The van der Waals surface area contributed by atoms with Gasteiger partial charge >= 0.3 is 0 Å². The Kier molecular flexibility index (Phi) is 5.65. The Morgan fingerprint density at radius 2 is 1.82 bits per heavy atom. The number of benzene rings is 2. The van der Waals surface area contributed by atoms with Crippen molar-refractivity contribution in [1.29, 1.82) is 0 Å². The minimum absolute atomic E-state index is 0.00137. The Morgan fingerprint density at radius 1 is 1.00 bits per heavy atom. The van der Waals surface area contributed by atoms with E-state index in [0.717, 1.165) is 53.5 Å². The van der Waals surface area contributed by atoms with Crippen LogP contribution in [-0.4, -0.2) is 40.6 Å². The third-order valence-corrected chi connectivity index (χ3v) is 6.38. The number of H-pyrrole nitrogens is 1. The summed E-state index contributed by atoms with van der Waals surface area (Å²) >= 11 is 0. The number of hydrogen-bond acceptors (Lipinski definition) is 6. The topological polar surface area (TPSA) is 78.1 Å². The molecule has 1 aliphatic rings. The van der Waals surface area contributed by atoms with Gasteiger partial charge in [-0.2, -0.15) is 9.97 Å². The van der Waals surface area contributed by atoms with Gasteiger partial charge in [0.1, 0.15) is 17.2 Å². The maximum atomic E-state index is 5.71. The summed E-state index contributed by atoms with van der Waals surface area (Å²) in [6, 6.07) is 14.7. The first-order chi connectivity index (χ1) is 16.3. The Labute approximate surface area is 200 Å². The van der Waals surface area contributed by atoms with Crippen molar-refractivity contribution in [2.24, 2.45) is 0 Å². The normalized spacial score (nSPS) is 14.1. The average molecular weight is 457 g/mol. The lowest BCUT2D eigenvalue weighted by Crippen LogP contribution is -2.26. The molecule has 0 bridgehead atoms. The summed E-state index contributed by atoms with van der Waals surface area (Å²) < 4.78 is 5.71. The van der Waals surface area contributed by atoms with E-state index in [-0.39, 0.29) is 5.41 Å². The summed E-state index contributed by atoms with van der Waals surface area (Å²) in [4.78, 5) is 15.2. The number of aromatic nitrogens is 3. The summed E-state index contributed by atoms with van der Waals surface area (Å²) in [6.07, 6.45) is 2.91. The molecule has 0 radical (unpaired) electrons. The van der Waals surface area contributed by atoms with Crippen LogP contribution in [0.3, 0.4) is 0 Å². The molecule has 0 unspecified atom stereocenters. The van der Waals surface area contributed by atoms with Crippen LogP contribution in [0.1, 0.15) is 37.5 Å². The molecular weight excluding hydrogens is 424 g/mol. The van der Waals surface area contributed by atoms with Crippen LogP contribution in [-0.2, 0) is 18.4 Å². The van der Waals surface area contributed by atoms with Gasteiger partial charge in [0.15, 0.2) is 0 Å².